The van der Waals surface area contributed by atoms with Crippen LogP contribution in [0.5, 0.6) is 5.75 Å². The molecule has 0 spiro atoms. The van der Waals surface area contributed by atoms with Gasteiger partial charge >= 0.3 is 0 Å². The number of ether oxygens (including phenoxy) is 1. The SMILES string of the molecule is N#Cc1cnc2c(COc3ccccc3)cccn2c1=N. The molecule has 102 valence electrons. The van der Waals surface area contributed by atoms with E-state index in [0.717, 1.165) is 11.3 Å². The number of pyridine rings is 1. The summed E-state index contributed by atoms with van der Waals surface area (Å²) >= 11 is 0. The lowest BCUT2D eigenvalue weighted by Gasteiger charge is -2.09. The zero-order valence-electron chi connectivity index (χ0n) is 11.2. The van der Waals surface area contributed by atoms with Gasteiger partial charge in [0, 0.05) is 11.8 Å². The molecule has 1 aromatic carbocycles. The summed E-state index contributed by atoms with van der Waals surface area (Å²) in [5, 5.41) is 16.9. The molecule has 0 amide bonds. The van der Waals surface area contributed by atoms with E-state index in [4.69, 9.17) is 15.4 Å². The zero-order chi connectivity index (χ0) is 14.7. The van der Waals surface area contributed by atoms with Gasteiger partial charge in [-0.2, -0.15) is 5.26 Å². The number of fused-ring (bicyclic) bond motifs is 1. The van der Waals surface area contributed by atoms with Gasteiger partial charge < -0.3 is 4.74 Å². The molecule has 0 saturated carbocycles. The van der Waals surface area contributed by atoms with Crippen LogP contribution in [0.25, 0.3) is 5.65 Å². The second kappa shape index (κ2) is 5.47. The summed E-state index contributed by atoms with van der Waals surface area (Å²) in [6, 6.07) is 15.2. The fraction of sp³-hybridized carbons (Fsp3) is 0.0625. The molecule has 5 heteroatoms. The first-order valence-electron chi connectivity index (χ1n) is 6.41. The standard InChI is InChI=1S/C16H12N4O/c17-9-13-10-19-16-12(5-4-8-20(16)15(13)18)11-21-14-6-2-1-3-7-14/h1-8,10,18H,11H2. The molecule has 0 bridgehead atoms. The van der Waals surface area contributed by atoms with Crippen LogP contribution in [0.2, 0.25) is 0 Å². The van der Waals surface area contributed by atoms with E-state index in [1.54, 1.807) is 10.6 Å². The first-order valence-corrected chi connectivity index (χ1v) is 6.41. The van der Waals surface area contributed by atoms with Gasteiger partial charge in [-0.1, -0.05) is 24.3 Å². The molecule has 5 nitrogen and oxygen atoms in total. The van der Waals surface area contributed by atoms with Gasteiger partial charge in [0.25, 0.3) is 0 Å². The summed E-state index contributed by atoms with van der Waals surface area (Å²) in [6.45, 7) is 0.354. The van der Waals surface area contributed by atoms with Crippen LogP contribution in [0, 0.1) is 16.7 Å². The van der Waals surface area contributed by atoms with E-state index in [0.29, 0.717) is 12.3 Å². The Morgan fingerprint density at radius 1 is 1.19 bits per heavy atom. The quantitative estimate of drug-likeness (QED) is 0.797. The third kappa shape index (κ3) is 2.47. The second-order valence-corrected chi connectivity index (χ2v) is 4.46. The van der Waals surface area contributed by atoms with Gasteiger partial charge in [0.2, 0.25) is 0 Å². The number of hydrogen-bond acceptors (Lipinski definition) is 4. The van der Waals surface area contributed by atoms with Crippen LogP contribution < -0.4 is 10.2 Å². The Balaban J connectivity index is 1.98. The van der Waals surface area contributed by atoms with Gasteiger partial charge in [-0.25, -0.2) is 4.98 Å². The van der Waals surface area contributed by atoms with E-state index in [9.17, 15) is 0 Å². The Morgan fingerprint density at radius 2 is 2.00 bits per heavy atom. The molecular formula is C16H12N4O. The van der Waals surface area contributed by atoms with Crippen molar-refractivity contribution in [1.29, 1.82) is 10.7 Å². The fourth-order valence-corrected chi connectivity index (χ4v) is 2.06. The van der Waals surface area contributed by atoms with Crippen molar-refractivity contribution in [2.45, 2.75) is 6.61 Å². The number of rotatable bonds is 3. The largest absolute Gasteiger partial charge is 0.489 e. The topological polar surface area (TPSA) is 74.2 Å². The van der Waals surface area contributed by atoms with E-state index >= 15 is 0 Å². The smallest absolute Gasteiger partial charge is 0.150 e. The molecule has 0 saturated heterocycles. The molecular weight excluding hydrogens is 264 g/mol. The van der Waals surface area contributed by atoms with Crippen molar-refractivity contribution in [3.8, 4) is 11.8 Å². The summed E-state index contributed by atoms with van der Waals surface area (Å²) in [5.74, 6) is 0.777. The van der Waals surface area contributed by atoms with Gasteiger partial charge in [-0.15, -0.1) is 0 Å². The number of hydrogen-bond donors (Lipinski definition) is 1. The molecule has 0 atom stereocenters. The third-order valence-corrected chi connectivity index (χ3v) is 3.12. The molecule has 0 fully saturated rings. The number of nitriles is 1. The minimum absolute atomic E-state index is 0.129. The van der Waals surface area contributed by atoms with Crippen LogP contribution in [0.4, 0.5) is 0 Å². The van der Waals surface area contributed by atoms with Gasteiger partial charge in [-0.3, -0.25) is 9.81 Å². The Hall–Kier alpha value is -3.13. The predicted octanol–water partition coefficient (Wildman–Crippen LogP) is 2.26. The first-order chi connectivity index (χ1) is 10.3. The summed E-state index contributed by atoms with van der Waals surface area (Å²) in [7, 11) is 0. The number of nitrogens with one attached hydrogen (secondary N) is 1. The Kier molecular flexibility index (Phi) is 3.36. The molecule has 3 rings (SSSR count). The molecule has 0 unspecified atom stereocenters. The van der Waals surface area contributed by atoms with Gasteiger partial charge in [-0.05, 0) is 18.2 Å². The van der Waals surface area contributed by atoms with Crippen LogP contribution in [-0.4, -0.2) is 9.38 Å². The van der Waals surface area contributed by atoms with E-state index in [1.165, 1.54) is 6.20 Å². The minimum atomic E-state index is 0.129. The van der Waals surface area contributed by atoms with Crippen LogP contribution in [0.1, 0.15) is 11.1 Å². The van der Waals surface area contributed by atoms with Crippen LogP contribution in [0.15, 0.2) is 54.9 Å². The van der Waals surface area contributed by atoms with Crippen molar-refractivity contribution >= 4 is 5.65 Å². The highest BCUT2D eigenvalue weighted by atomic mass is 16.5. The van der Waals surface area contributed by atoms with E-state index in [1.807, 2.05) is 48.5 Å². The highest BCUT2D eigenvalue weighted by Gasteiger charge is 2.06. The van der Waals surface area contributed by atoms with Crippen LogP contribution >= 0.6 is 0 Å². The van der Waals surface area contributed by atoms with E-state index in [-0.39, 0.29) is 11.1 Å². The predicted molar refractivity (Wildman–Crippen MR) is 76.5 cm³/mol. The normalized spacial score (nSPS) is 10.2. The molecule has 0 aliphatic carbocycles. The van der Waals surface area contributed by atoms with Crippen molar-refractivity contribution in [3.05, 3.63) is 71.5 Å². The highest BCUT2D eigenvalue weighted by Crippen LogP contribution is 2.13. The van der Waals surface area contributed by atoms with Gasteiger partial charge in [0.1, 0.15) is 35.1 Å². The lowest BCUT2D eigenvalue weighted by atomic mass is 10.2. The van der Waals surface area contributed by atoms with Crippen molar-refractivity contribution in [2.24, 2.45) is 0 Å². The molecule has 2 heterocycles. The average molecular weight is 276 g/mol. The van der Waals surface area contributed by atoms with Crippen molar-refractivity contribution < 1.29 is 4.74 Å². The average Bonchev–Trinajstić information content (AvgIpc) is 2.54. The maximum absolute atomic E-state index is 8.95. The third-order valence-electron chi connectivity index (χ3n) is 3.12. The molecule has 0 radical (unpaired) electrons. The number of para-hydroxylation sites is 1. The first kappa shape index (κ1) is 12.9. The Labute approximate surface area is 121 Å². The van der Waals surface area contributed by atoms with Crippen molar-refractivity contribution in [2.75, 3.05) is 0 Å². The van der Waals surface area contributed by atoms with Crippen molar-refractivity contribution in [3.63, 3.8) is 0 Å². The molecule has 3 aromatic rings. The minimum Gasteiger partial charge on any atom is -0.489 e. The Morgan fingerprint density at radius 3 is 2.76 bits per heavy atom. The van der Waals surface area contributed by atoms with Gasteiger partial charge in [0.15, 0.2) is 0 Å². The number of benzene rings is 1. The van der Waals surface area contributed by atoms with Crippen LogP contribution in [-0.2, 0) is 6.61 Å². The zero-order valence-corrected chi connectivity index (χ0v) is 11.2. The fourth-order valence-electron chi connectivity index (χ4n) is 2.06. The molecule has 0 aliphatic rings. The second-order valence-electron chi connectivity index (χ2n) is 4.46. The van der Waals surface area contributed by atoms with Gasteiger partial charge in [0.05, 0.1) is 6.20 Å². The summed E-state index contributed by atoms with van der Waals surface area (Å²) in [6.07, 6.45) is 3.14. The summed E-state index contributed by atoms with van der Waals surface area (Å²) in [4.78, 5) is 4.27. The molecule has 1 N–H and O–H groups in total. The number of nitrogens with zero attached hydrogens (tertiary/aromatic N) is 3. The lowest BCUT2D eigenvalue weighted by Crippen LogP contribution is -2.19. The van der Waals surface area contributed by atoms with Crippen molar-refractivity contribution in [1.82, 2.24) is 9.38 Å². The maximum Gasteiger partial charge on any atom is 0.150 e. The number of aromatic nitrogens is 2. The maximum atomic E-state index is 8.95. The molecule has 0 aliphatic heterocycles. The van der Waals surface area contributed by atoms with Crippen LogP contribution in [0.3, 0.4) is 0 Å². The van der Waals surface area contributed by atoms with E-state index in [2.05, 4.69) is 4.98 Å². The highest BCUT2D eigenvalue weighted by molar-refractivity contribution is 5.48. The Bertz CT molecular complexity index is 878. The van der Waals surface area contributed by atoms with E-state index < -0.39 is 0 Å². The summed E-state index contributed by atoms with van der Waals surface area (Å²) < 4.78 is 7.30. The summed E-state index contributed by atoms with van der Waals surface area (Å²) in [5.41, 5.74) is 1.86. The lowest BCUT2D eigenvalue weighted by molar-refractivity contribution is 0.307. The monoisotopic (exact) mass is 276 g/mol. The molecule has 21 heavy (non-hydrogen) atoms. The molecule has 2 aromatic heterocycles.